The summed E-state index contributed by atoms with van der Waals surface area (Å²) in [5.41, 5.74) is 14.7. The fourth-order valence-corrected chi connectivity index (χ4v) is 2.81. The van der Waals surface area contributed by atoms with E-state index in [4.69, 9.17) is 5.73 Å². The van der Waals surface area contributed by atoms with Crippen molar-refractivity contribution in [3.63, 3.8) is 0 Å². The van der Waals surface area contributed by atoms with Crippen LogP contribution in [0.3, 0.4) is 0 Å². The molecule has 1 nitrogen and oxygen atoms in total. The van der Waals surface area contributed by atoms with Crippen molar-refractivity contribution < 1.29 is 0 Å². The van der Waals surface area contributed by atoms with E-state index in [0.717, 1.165) is 0 Å². The van der Waals surface area contributed by atoms with Crippen LogP contribution in [-0.4, -0.2) is 0 Å². The molecule has 3 aromatic rings. The number of benzene rings is 3. The van der Waals surface area contributed by atoms with E-state index in [0.29, 0.717) is 6.54 Å². The zero-order chi connectivity index (χ0) is 15.5. The molecule has 0 heterocycles. The molecule has 0 spiro atoms. The number of aryl methyl sites for hydroxylation is 2. The molecule has 0 unspecified atom stereocenters. The first-order valence-electron chi connectivity index (χ1n) is 7.65. The smallest absolute Gasteiger partial charge is 0.0190 e. The average molecular weight is 287 g/mol. The first-order valence-corrected chi connectivity index (χ1v) is 7.65. The largest absolute Gasteiger partial charge is 0.326 e. The molecule has 3 rings (SSSR count). The van der Waals surface area contributed by atoms with Crippen molar-refractivity contribution in [3.8, 4) is 22.3 Å². The predicted octanol–water partition coefficient (Wildman–Crippen LogP) is 5.10. The van der Waals surface area contributed by atoms with Gasteiger partial charge in [0, 0.05) is 6.54 Å². The average Bonchev–Trinajstić information content (AvgIpc) is 2.55. The van der Waals surface area contributed by atoms with E-state index < -0.39 is 0 Å². The van der Waals surface area contributed by atoms with Gasteiger partial charge in [-0.2, -0.15) is 0 Å². The Morgan fingerprint density at radius 2 is 1.05 bits per heavy atom. The van der Waals surface area contributed by atoms with Gasteiger partial charge in [0.15, 0.2) is 0 Å². The van der Waals surface area contributed by atoms with Gasteiger partial charge < -0.3 is 5.73 Å². The SMILES string of the molecule is Cc1ccc(-c2cccc(-c3ccc(C)cc3)c2CN)cc1. The number of rotatable bonds is 3. The van der Waals surface area contributed by atoms with Crippen LogP contribution in [0.5, 0.6) is 0 Å². The van der Waals surface area contributed by atoms with Crippen molar-refractivity contribution in [3.05, 3.63) is 83.4 Å². The van der Waals surface area contributed by atoms with E-state index in [1.165, 1.54) is 38.9 Å². The third kappa shape index (κ3) is 2.81. The maximum atomic E-state index is 6.09. The molecule has 0 atom stereocenters. The normalized spacial score (nSPS) is 10.7. The highest BCUT2D eigenvalue weighted by Gasteiger charge is 2.10. The van der Waals surface area contributed by atoms with Crippen LogP contribution in [0.1, 0.15) is 16.7 Å². The van der Waals surface area contributed by atoms with Gasteiger partial charge in [-0.25, -0.2) is 0 Å². The van der Waals surface area contributed by atoms with Gasteiger partial charge in [-0.1, -0.05) is 77.9 Å². The molecule has 0 saturated carbocycles. The summed E-state index contributed by atoms with van der Waals surface area (Å²) in [7, 11) is 0. The standard InChI is InChI=1S/C21H21N/c1-15-6-10-17(11-7-15)19-4-3-5-20(21(19)14-22)18-12-8-16(2)9-13-18/h3-13H,14,22H2,1-2H3. The van der Waals surface area contributed by atoms with Gasteiger partial charge in [0.1, 0.15) is 0 Å². The van der Waals surface area contributed by atoms with Crippen molar-refractivity contribution in [2.75, 3.05) is 0 Å². The highest BCUT2D eigenvalue weighted by molar-refractivity contribution is 5.78. The summed E-state index contributed by atoms with van der Waals surface area (Å²) in [6.45, 7) is 4.75. The minimum absolute atomic E-state index is 0.535. The molecule has 0 bridgehead atoms. The lowest BCUT2D eigenvalue weighted by Crippen LogP contribution is -2.02. The number of nitrogens with two attached hydrogens (primary N) is 1. The maximum Gasteiger partial charge on any atom is 0.0190 e. The lowest BCUT2D eigenvalue weighted by molar-refractivity contribution is 1.08. The van der Waals surface area contributed by atoms with Gasteiger partial charge in [-0.05, 0) is 41.7 Å². The monoisotopic (exact) mass is 287 g/mol. The topological polar surface area (TPSA) is 26.0 Å². The summed E-state index contributed by atoms with van der Waals surface area (Å²) in [6.07, 6.45) is 0. The van der Waals surface area contributed by atoms with E-state index >= 15 is 0 Å². The van der Waals surface area contributed by atoms with Crippen LogP contribution in [0.4, 0.5) is 0 Å². The van der Waals surface area contributed by atoms with E-state index in [1.54, 1.807) is 0 Å². The second-order valence-electron chi connectivity index (χ2n) is 5.77. The van der Waals surface area contributed by atoms with Crippen LogP contribution < -0.4 is 5.73 Å². The van der Waals surface area contributed by atoms with Crippen LogP contribution in [0.2, 0.25) is 0 Å². The van der Waals surface area contributed by atoms with Crippen LogP contribution >= 0.6 is 0 Å². The molecule has 0 aliphatic heterocycles. The van der Waals surface area contributed by atoms with Crippen LogP contribution in [-0.2, 0) is 6.54 Å². The highest BCUT2D eigenvalue weighted by Crippen LogP contribution is 2.32. The van der Waals surface area contributed by atoms with E-state index in [-0.39, 0.29) is 0 Å². The number of hydrogen-bond acceptors (Lipinski definition) is 1. The fraction of sp³-hybridized carbons (Fsp3) is 0.143. The summed E-state index contributed by atoms with van der Waals surface area (Å²) < 4.78 is 0. The Hall–Kier alpha value is -2.38. The molecule has 110 valence electrons. The molecule has 0 aromatic heterocycles. The lowest BCUT2D eigenvalue weighted by Gasteiger charge is -2.14. The van der Waals surface area contributed by atoms with Crippen molar-refractivity contribution >= 4 is 0 Å². The van der Waals surface area contributed by atoms with Gasteiger partial charge in [0.2, 0.25) is 0 Å². The number of hydrogen-bond donors (Lipinski definition) is 1. The fourth-order valence-electron chi connectivity index (χ4n) is 2.81. The lowest BCUT2D eigenvalue weighted by atomic mass is 9.91. The third-order valence-electron chi connectivity index (χ3n) is 4.11. The Morgan fingerprint density at radius 1 is 0.636 bits per heavy atom. The zero-order valence-corrected chi connectivity index (χ0v) is 13.1. The summed E-state index contributed by atoms with van der Waals surface area (Å²) in [5, 5.41) is 0. The first kappa shape index (κ1) is 14.6. The Bertz CT molecular complexity index is 704. The molecule has 3 aromatic carbocycles. The highest BCUT2D eigenvalue weighted by atomic mass is 14.5. The summed E-state index contributed by atoms with van der Waals surface area (Å²) >= 11 is 0. The minimum Gasteiger partial charge on any atom is -0.326 e. The quantitative estimate of drug-likeness (QED) is 0.713. The summed E-state index contributed by atoms with van der Waals surface area (Å²) in [5.74, 6) is 0. The Balaban J connectivity index is 2.15. The molecule has 0 aliphatic rings. The molecular weight excluding hydrogens is 266 g/mol. The van der Waals surface area contributed by atoms with Gasteiger partial charge in [0.25, 0.3) is 0 Å². The third-order valence-corrected chi connectivity index (χ3v) is 4.11. The summed E-state index contributed by atoms with van der Waals surface area (Å²) in [6, 6.07) is 23.7. The van der Waals surface area contributed by atoms with Crippen LogP contribution in [0.15, 0.2) is 66.7 Å². The molecule has 0 fully saturated rings. The maximum absolute atomic E-state index is 6.09. The predicted molar refractivity (Wildman–Crippen MR) is 94.7 cm³/mol. The van der Waals surface area contributed by atoms with Gasteiger partial charge in [-0.15, -0.1) is 0 Å². The van der Waals surface area contributed by atoms with Crippen LogP contribution in [0.25, 0.3) is 22.3 Å². The van der Waals surface area contributed by atoms with Gasteiger partial charge >= 0.3 is 0 Å². The van der Waals surface area contributed by atoms with E-state index in [9.17, 15) is 0 Å². The first-order chi connectivity index (χ1) is 10.7. The van der Waals surface area contributed by atoms with E-state index in [2.05, 4.69) is 80.6 Å². The van der Waals surface area contributed by atoms with Crippen molar-refractivity contribution in [2.24, 2.45) is 5.73 Å². The second kappa shape index (κ2) is 6.17. The molecule has 0 amide bonds. The molecule has 0 aliphatic carbocycles. The minimum atomic E-state index is 0.535. The Kier molecular flexibility index (Phi) is 4.08. The summed E-state index contributed by atoms with van der Waals surface area (Å²) in [4.78, 5) is 0. The van der Waals surface area contributed by atoms with Crippen molar-refractivity contribution in [1.82, 2.24) is 0 Å². The molecule has 22 heavy (non-hydrogen) atoms. The van der Waals surface area contributed by atoms with Crippen molar-refractivity contribution in [1.29, 1.82) is 0 Å². The second-order valence-corrected chi connectivity index (χ2v) is 5.77. The van der Waals surface area contributed by atoms with Gasteiger partial charge in [0.05, 0.1) is 0 Å². The molecule has 0 radical (unpaired) electrons. The van der Waals surface area contributed by atoms with E-state index in [1.807, 2.05) is 0 Å². The van der Waals surface area contributed by atoms with Crippen molar-refractivity contribution in [2.45, 2.75) is 20.4 Å². The molecule has 1 heteroatoms. The molecule has 0 saturated heterocycles. The van der Waals surface area contributed by atoms with Gasteiger partial charge in [-0.3, -0.25) is 0 Å². The molecule has 2 N–H and O–H groups in total. The Labute approximate surface area is 132 Å². The molecular formula is C21H21N. The van der Waals surface area contributed by atoms with Crippen LogP contribution in [0, 0.1) is 13.8 Å². The Morgan fingerprint density at radius 3 is 1.41 bits per heavy atom. The zero-order valence-electron chi connectivity index (χ0n) is 13.1.